The van der Waals surface area contributed by atoms with Gasteiger partial charge >= 0.3 is 0 Å². The minimum Gasteiger partial charge on any atom is -0.353 e. The summed E-state index contributed by atoms with van der Waals surface area (Å²) in [4.78, 5) is 12.1. The topological polar surface area (TPSA) is 66.5 Å². The van der Waals surface area contributed by atoms with Crippen molar-refractivity contribution >= 4 is 15.9 Å². The fourth-order valence-corrected chi connectivity index (χ4v) is 4.51. The summed E-state index contributed by atoms with van der Waals surface area (Å²) >= 11 is 0. The number of hydrogen-bond donors (Lipinski definition) is 1. The van der Waals surface area contributed by atoms with Crippen LogP contribution in [0.3, 0.4) is 0 Å². The van der Waals surface area contributed by atoms with Crippen molar-refractivity contribution in [1.82, 2.24) is 9.62 Å². The molecule has 1 aliphatic heterocycles. The van der Waals surface area contributed by atoms with Gasteiger partial charge in [0.2, 0.25) is 15.9 Å². The van der Waals surface area contributed by atoms with Gasteiger partial charge in [-0.15, -0.1) is 0 Å². The molecule has 1 aliphatic rings. The molecule has 5 nitrogen and oxygen atoms in total. The summed E-state index contributed by atoms with van der Waals surface area (Å²) in [5.41, 5.74) is 1.83. The summed E-state index contributed by atoms with van der Waals surface area (Å²) in [6.45, 7) is 8.38. The van der Waals surface area contributed by atoms with Crippen molar-refractivity contribution in [2.45, 2.75) is 51.5 Å². The molecule has 1 fully saturated rings. The molecule has 6 heteroatoms. The Morgan fingerprint density at radius 1 is 1.22 bits per heavy atom. The third kappa shape index (κ3) is 4.12. The zero-order valence-electron chi connectivity index (χ0n) is 14.3. The SMILES string of the molecule is Cc1ccc(S(=O)(=O)N2CCC(NC(=O)C(C)C)CC2)c(C)c1. The lowest BCUT2D eigenvalue weighted by molar-refractivity contribution is -0.124. The molecule has 0 radical (unpaired) electrons. The number of sulfonamides is 1. The van der Waals surface area contributed by atoms with Gasteiger partial charge in [0.1, 0.15) is 0 Å². The fourth-order valence-electron chi connectivity index (χ4n) is 2.84. The predicted molar refractivity (Wildman–Crippen MR) is 90.7 cm³/mol. The Morgan fingerprint density at radius 3 is 2.35 bits per heavy atom. The molecular weight excluding hydrogens is 312 g/mol. The smallest absolute Gasteiger partial charge is 0.243 e. The molecule has 0 atom stereocenters. The lowest BCUT2D eigenvalue weighted by Gasteiger charge is -2.32. The zero-order valence-corrected chi connectivity index (χ0v) is 15.1. The molecule has 1 aromatic rings. The third-order valence-corrected chi connectivity index (χ3v) is 6.33. The van der Waals surface area contributed by atoms with Crippen molar-refractivity contribution in [2.24, 2.45) is 5.92 Å². The van der Waals surface area contributed by atoms with Gasteiger partial charge in [0.25, 0.3) is 0 Å². The first-order valence-electron chi connectivity index (χ1n) is 8.09. The van der Waals surface area contributed by atoms with Crippen molar-refractivity contribution in [1.29, 1.82) is 0 Å². The highest BCUT2D eigenvalue weighted by Gasteiger charge is 2.31. The van der Waals surface area contributed by atoms with E-state index >= 15 is 0 Å². The molecule has 23 heavy (non-hydrogen) atoms. The summed E-state index contributed by atoms with van der Waals surface area (Å²) in [6, 6.07) is 5.47. The maximum absolute atomic E-state index is 12.8. The molecule has 0 spiro atoms. The highest BCUT2D eigenvalue weighted by Crippen LogP contribution is 2.24. The van der Waals surface area contributed by atoms with E-state index in [0.717, 1.165) is 11.1 Å². The first-order valence-corrected chi connectivity index (χ1v) is 9.53. The quantitative estimate of drug-likeness (QED) is 0.915. The molecular formula is C17H26N2O3S. The number of piperidine rings is 1. The van der Waals surface area contributed by atoms with Crippen LogP contribution in [0, 0.1) is 19.8 Å². The van der Waals surface area contributed by atoms with Gasteiger partial charge in [-0.1, -0.05) is 31.5 Å². The van der Waals surface area contributed by atoms with E-state index in [1.807, 2.05) is 39.8 Å². The van der Waals surface area contributed by atoms with Gasteiger partial charge in [0, 0.05) is 25.0 Å². The Balaban J connectivity index is 2.05. The van der Waals surface area contributed by atoms with Crippen LogP contribution in [-0.4, -0.2) is 37.8 Å². The molecule has 1 N–H and O–H groups in total. The molecule has 1 amide bonds. The van der Waals surface area contributed by atoms with Gasteiger partial charge in [0.15, 0.2) is 0 Å². The Bertz CT molecular complexity index is 675. The normalized spacial score (nSPS) is 17.4. The van der Waals surface area contributed by atoms with E-state index in [4.69, 9.17) is 0 Å². The van der Waals surface area contributed by atoms with Crippen LogP contribution in [0.1, 0.15) is 37.8 Å². The van der Waals surface area contributed by atoms with Crippen LogP contribution < -0.4 is 5.32 Å². The standard InChI is InChI=1S/C17H26N2O3S/c1-12(2)17(20)18-15-7-9-19(10-8-15)23(21,22)16-6-5-13(3)11-14(16)4/h5-6,11-12,15H,7-10H2,1-4H3,(H,18,20). The number of carbonyl (C=O) groups excluding carboxylic acids is 1. The molecule has 0 bridgehead atoms. The Kier molecular flexibility index (Phi) is 5.47. The average molecular weight is 338 g/mol. The minimum atomic E-state index is -3.46. The average Bonchev–Trinajstić information content (AvgIpc) is 2.47. The molecule has 0 aliphatic carbocycles. The first-order chi connectivity index (χ1) is 10.7. The molecule has 1 aromatic carbocycles. The molecule has 0 aromatic heterocycles. The van der Waals surface area contributed by atoms with Crippen LogP contribution in [0.2, 0.25) is 0 Å². The highest BCUT2D eigenvalue weighted by atomic mass is 32.2. The van der Waals surface area contributed by atoms with Crippen LogP contribution in [0.4, 0.5) is 0 Å². The number of nitrogens with one attached hydrogen (secondary N) is 1. The first kappa shape index (κ1) is 17.9. The second kappa shape index (κ2) is 7.01. The Hall–Kier alpha value is -1.40. The van der Waals surface area contributed by atoms with Gasteiger partial charge in [-0.05, 0) is 38.3 Å². The van der Waals surface area contributed by atoms with Gasteiger partial charge in [-0.25, -0.2) is 8.42 Å². The number of benzene rings is 1. The number of carbonyl (C=O) groups is 1. The van der Waals surface area contributed by atoms with Crippen molar-refractivity contribution in [2.75, 3.05) is 13.1 Å². The molecule has 1 saturated heterocycles. The van der Waals surface area contributed by atoms with E-state index in [1.54, 1.807) is 6.07 Å². The van der Waals surface area contributed by atoms with E-state index in [0.29, 0.717) is 30.8 Å². The Morgan fingerprint density at radius 2 is 1.83 bits per heavy atom. The minimum absolute atomic E-state index is 0.0284. The molecule has 1 heterocycles. The van der Waals surface area contributed by atoms with Gasteiger partial charge in [-0.2, -0.15) is 4.31 Å². The van der Waals surface area contributed by atoms with E-state index in [9.17, 15) is 13.2 Å². The lowest BCUT2D eigenvalue weighted by atomic mass is 10.1. The summed E-state index contributed by atoms with van der Waals surface area (Å²) in [5.74, 6) is -0.0207. The summed E-state index contributed by atoms with van der Waals surface area (Å²) in [6.07, 6.45) is 1.31. The van der Waals surface area contributed by atoms with Crippen molar-refractivity contribution < 1.29 is 13.2 Å². The summed E-state index contributed by atoms with van der Waals surface area (Å²) in [7, 11) is -3.46. The Labute approximate surface area is 139 Å². The predicted octanol–water partition coefficient (Wildman–Crippen LogP) is 2.23. The van der Waals surface area contributed by atoms with Crippen LogP contribution in [-0.2, 0) is 14.8 Å². The summed E-state index contributed by atoms with van der Waals surface area (Å²) < 4.78 is 27.1. The van der Waals surface area contributed by atoms with E-state index in [1.165, 1.54) is 4.31 Å². The molecule has 0 unspecified atom stereocenters. The third-order valence-electron chi connectivity index (χ3n) is 4.27. The van der Waals surface area contributed by atoms with Gasteiger partial charge in [-0.3, -0.25) is 4.79 Å². The molecule has 128 valence electrons. The van der Waals surface area contributed by atoms with E-state index in [-0.39, 0.29) is 17.9 Å². The number of aryl methyl sites for hydroxylation is 2. The molecule has 0 saturated carbocycles. The largest absolute Gasteiger partial charge is 0.353 e. The maximum Gasteiger partial charge on any atom is 0.243 e. The monoisotopic (exact) mass is 338 g/mol. The van der Waals surface area contributed by atoms with E-state index in [2.05, 4.69) is 5.32 Å². The van der Waals surface area contributed by atoms with Crippen molar-refractivity contribution in [3.05, 3.63) is 29.3 Å². The van der Waals surface area contributed by atoms with Gasteiger partial charge in [0.05, 0.1) is 4.90 Å². The van der Waals surface area contributed by atoms with Gasteiger partial charge < -0.3 is 5.32 Å². The number of nitrogens with zero attached hydrogens (tertiary/aromatic N) is 1. The van der Waals surface area contributed by atoms with E-state index < -0.39 is 10.0 Å². The lowest BCUT2D eigenvalue weighted by Crippen LogP contribution is -2.47. The van der Waals surface area contributed by atoms with Crippen LogP contribution in [0.5, 0.6) is 0 Å². The van der Waals surface area contributed by atoms with Crippen LogP contribution >= 0.6 is 0 Å². The maximum atomic E-state index is 12.8. The van der Waals surface area contributed by atoms with Crippen molar-refractivity contribution in [3.8, 4) is 0 Å². The second-order valence-electron chi connectivity index (χ2n) is 6.61. The number of hydrogen-bond acceptors (Lipinski definition) is 3. The number of amides is 1. The fraction of sp³-hybridized carbons (Fsp3) is 0.588. The van der Waals surface area contributed by atoms with Crippen LogP contribution in [0.15, 0.2) is 23.1 Å². The van der Waals surface area contributed by atoms with Crippen molar-refractivity contribution in [3.63, 3.8) is 0 Å². The summed E-state index contributed by atoms with van der Waals surface area (Å²) in [5, 5.41) is 2.99. The highest BCUT2D eigenvalue weighted by molar-refractivity contribution is 7.89. The number of rotatable bonds is 4. The zero-order chi connectivity index (χ0) is 17.2. The molecule has 2 rings (SSSR count). The second-order valence-corrected chi connectivity index (χ2v) is 8.52. The van der Waals surface area contributed by atoms with Crippen LogP contribution in [0.25, 0.3) is 0 Å².